The van der Waals surface area contributed by atoms with Crippen molar-refractivity contribution < 1.29 is 22.7 Å². The van der Waals surface area contributed by atoms with Crippen LogP contribution in [0.3, 0.4) is 0 Å². The molecular formula is C22H28N2O5S. The minimum Gasteiger partial charge on any atom is -0.497 e. The van der Waals surface area contributed by atoms with Crippen molar-refractivity contribution in [2.24, 2.45) is 5.92 Å². The van der Waals surface area contributed by atoms with E-state index in [9.17, 15) is 13.2 Å². The summed E-state index contributed by atoms with van der Waals surface area (Å²) in [5, 5.41) is 0. The van der Waals surface area contributed by atoms with Gasteiger partial charge in [-0.1, -0.05) is 19.9 Å². The van der Waals surface area contributed by atoms with Crippen LogP contribution >= 0.6 is 0 Å². The number of rotatable bonds is 7. The number of hydrogen-bond acceptors (Lipinski definition) is 5. The molecule has 0 aromatic heterocycles. The van der Waals surface area contributed by atoms with E-state index in [1.807, 2.05) is 30.9 Å². The van der Waals surface area contributed by atoms with Gasteiger partial charge in [0.1, 0.15) is 11.5 Å². The molecule has 0 bridgehead atoms. The first-order valence-electron chi connectivity index (χ1n) is 9.84. The molecule has 0 unspecified atom stereocenters. The minimum atomic E-state index is -3.65. The lowest BCUT2D eigenvalue weighted by atomic mass is 9.98. The highest BCUT2D eigenvalue weighted by Gasteiger charge is 2.23. The maximum absolute atomic E-state index is 12.7. The molecule has 0 spiro atoms. The van der Waals surface area contributed by atoms with Crippen LogP contribution in [-0.2, 0) is 33.5 Å². The number of carbonyl (C=O) groups is 1. The summed E-state index contributed by atoms with van der Waals surface area (Å²) < 4.78 is 38.6. The smallest absolute Gasteiger partial charge is 0.236 e. The Balaban J connectivity index is 1.76. The van der Waals surface area contributed by atoms with E-state index in [1.54, 1.807) is 24.3 Å². The number of ether oxygens (including phenoxy) is 2. The average molecular weight is 433 g/mol. The van der Waals surface area contributed by atoms with Gasteiger partial charge in [-0.15, -0.1) is 0 Å². The molecule has 0 fully saturated rings. The average Bonchev–Trinajstić information content (AvgIpc) is 2.71. The van der Waals surface area contributed by atoms with E-state index in [1.165, 1.54) is 14.2 Å². The molecule has 2 aromatic rings. The third-order valence-electron chi connectivity index (χ3n) is 5.07. The van der Waals surface area contributed by atoms with Crippen LogP contribution in [0.15, 0.2) is 36.4 Å². The van der Waals surface area contributed by atoms with Gasteiger partial charge in [0.25, 0.3) is 0 Å². The van der Waals surface area contributed by atoms with Gasteiger partial charge in [0.15, 0.2) is 0 Å². The summed E-state index contributed by atoms with van der Waals surface area (Å²) in [6, 6.07) is 10.5. The first kappa shape index (κ1) is 22.0. The number of benzene rings is 2. The second kappa shape index (κ2) is 8.95. The summed E-state index contributed by atoms with van der Waals surface area (Å²) >= 11 is 0. The first-order valence-corrected chi connectivity index (χ1v) is 11.5. The van der Waals surface area contributed by atoms with E-state index < -0.39 is 10.0 Å². The van der Waals surface area contributed by atoms with Gasteiger partial charge >= 0.3 is 0 Å². The molecule has 2 aromatic carbocycles. The highest BCUT2D eigenvalue weighted by atomic mass is 32.2. The number of nitrogens with one attached hydrogen (secondary N) is 1. The summed E-state index contributed by atoms with van der Waals surface area (Å²) in [4.78, 5) is 14.2. The molecule has 7 nitrogen and oxygen atoms in total. The van der Waals surface area contributed by atoms with Crippen molar-refractivity contribution in [3.63, 3.8) is 0 Å². The normalized spacial score (nSPS) is 13.7. The molecular weight excluding hydrogens is 404 g/mol. The lowest BCUT2D eigenvalue weighted by Crippen LogP contribution is -2.38. The second-order valence-electron chi connectivity index (χ2n) is 7.73. The predicted molar refractivity (Wildman–Crippen MR) is 116 cm³/mol. The Bertz CT molecular complexity index is 1010. The summed E-state index contributed by atoms with van der Waals surface area (Å²) in [5.74, 6) is 0.897. The molecule has 0 aliphatic carbocycles. The van der Waals surface area contributed by atoms with Crippen molar-refractivity contribution in [3.8, 4) is 11.5 Å². The van der Waals surface area contributed by atoms with E-state index in [-0.39, 0.29) is 17.6 Å². The molecule has 0 atom stereocenters. The van der Waals surface area contributed by atoms with Crippen LogP contribution in [0.25, 0.3) is 0 Å². The van der Waals surface area contributed by atoms with Gasteiger partial charge < -0.3 is 14.4 Å². The molecule has 1 N–H and O–H groups in total. The fourth-order valence-electron chi connectivity index (χ4n) is 3.56. The largest absolute Gasteiger partial charge is 0.497 e. The van der Waals surface area contributed by atoms with E-state index >= 15 is 0 Å². The standard InChI is InChI=1S/C22H28N2O5S/c1-15(2)22(25)24-8-7-17-5-6-19(11-18(17)13-24)23-30(26,27)14-16-9-20(28-3)12-21(10-16)29-4/h5-6,9-12,15,23H,7-8,13-14H2,1-4H3. The first-order chi connectivity index (χ1) is 14.2. The zero-order valence-electron chi connectivity index (χ0n) is 17.8. The number of fused-ring (bicyclic) bond motifs is 1. The van der Waals surface area contributed by atoms with Gasteiger partial charge in [-0.2, -0.15) is 0 Å². The van der Waals surface area contributed by atoms with Crippen LogP contribution in [-0.4, -0.2) is 40.0 Å². The zero-order chi connectivity index (χ0) is 21.9. The zero-order valence-corrected chi connectivity index (χ0v) is 18.6. The van der Waals surface area contributed by atoms with Gasteiger partial charge in [-0.25, -0.2) is 8.42 Å². The lowest BCUT2D eigenvalue weighted by Gasteiger charge is -2.30. The van der Waals surface area contributed by atoms with E-state index in [4.69, 9.17) is 9.47 Å². The Morgan fingerprint density at radius 1 is 1.07 bits per heavy atom. The van der Waals surface area contributed by atoms with Crippen molar-refractivity contribution in [2.45, 2.75) is 32.6 Å². The molecule has 162 valence electrons. The molecule has 1 amide bonds. The Kier molecular flexibility index (Phi) is 6.55. The molecule has 1 aliphatic heterocycles. The van der Waals surface area contributed by atoms with Gasteiger partial charge in [0.05, 0.1) is 20.0 Å². The molecule has 3 rings (SSSR count). The monoisotopic (exact) mass is 432 g/mol. The lowest BCUT2D eigenvalue weighted by molar-refractivity contribution is -0.135. The maximum atomic E-state index is 12.7. The Morgan fingerprint density at radius 2 is 1.73 bits per heavy atom. The highest BCUT2D eigenvalue weighted by Crippen LogP contribution is 2.26. The fourth-order valence-corrected chi connectivity index (χ4v) is 4.72. The third-order valence-corrected chi connectivity index (χ3v) is 6.33. The van der Waals surface area contributed by atoms with Crippen LogP contribution in [0.2, 0.25) is 0 Å². The SMILES string of the molecule is COc1cc(CS(=O)(=O)Nc2ccc3c(c2)CN(C(=O)C(C)C)CC3)cc(OC)c1. The Hall–Kier alpha value is -2.74. The topological polar surface area (TPSA) is 84.9 Å². The predicted octanol–water partition coefficient (Wildman–Crippen LogP) is 3.19. The molecule has 1 aliphatic rings. The highest BCUT2D eigenvalue weighted by molar-refractivity contribution is 7.91. The van der Waals surface area contributed by atoms with Crippen LogP contribution in [0.4, 0.5) is 5.69 Å². The molecule has 0 saturated heterocycles. The van der Waals surface area contributed by atoms with E-state index in [0.29, 0.717) is 35.8 Å². The second-order valence-corrected chi connectivity index (χ2v) is 9.45. The van der Waals surface area contributed by atoms with Crippen molar-refractivity contribution in [1.82, 2.24) is 4.90 Å². The summed E-state index contributed by atoms with van der Waals surface area (Å²) in [6.45, 7) is 4.95. The van der Waals surface area contributed by atoms with Crippen LogP contribution in [0.5, 0.6) is 11.5 Å². The van der Waals surface area contributed by atoms with E-state index in [0.717, 1.165) is 17.5 Å². The molecule has 1 heterocycles. The van der Waals surface area contributed by atoms with Crippen molar-refractivity contribution in [1.29, 1.82) is 0 Å². The van der Waals surface area contributed by atoms with Gasteiger partial charge in [0, 0.05) is 30.8 Å². The van der Waals surface area contributed by atoms with Gasteiger partial charge in [-0.3, -0.25) is 9.52 Å². The van der Waals surface area contributed by atoms with Crippen LogP contribution in [0.1, 0.15) is 30.5 Å². The molecule has 0 saturated carbocycles. The Morgan fingerprint density at radius 3 is 2.33 bits per heavy atom. The number of carbonyl (C=O) groups excluding carboxylic acids is 1. The quantitative estimate of drug-likeness (QED) is 0.726. The summed E-state index contributed by atoms with van der Waals surface area (Å²) in [5.41, 5.74) is 3.16. The maximum Gasteiger partial charge on any atom is 0.236 e. The molecule has 8 heteroatoms. The third kappa shape index (κ3) is 5.24. The fraction of sp³-hybridized carbons (Fsp3) is 0.409. The van der Waals surface area contributed by atoms with Gasteiger partial charge in [-0.05, 0) is 47.4 Å². The molecule has 0 radical (unpaired) electrons. The van der Waals surface area contributed by atoms with Crippen LogP contribution < -0.4 is 14.2 Å². The van der Waals surface area contributed by atoms with Crippen molar-refractivity contribution in [3.05, 3.63) is 53.1 Å². The number of nitrogens with zero attached hydrogens (tertiary/aromatic N) is 1. The number of anilines is 1. The minimum absolute atomic E-state index is 0.0620. The van der Waals surface area contributed by atoms with E-state index in [2.05, 4.69) is 4.72 Å². The molecule has 30 heavy (non-hydrogen) atoms. The van der Waals surface area contributed by atoms with Crippen molar-refractivity contribution >= 4 is 21.6 Å². The number of amides is 1. The number of sulfonamides is 1. The summed E-state index contributed by atoms with van der Waals surface area (Å²) in [7, 11) is -0.610. The number of hydrogen-bond donors (Lipinski definition) is 1. The van der Waals surface area contributed by atoms with Gasteiger partial charge in [0.2, 0.25) is 15.9 Å². The van der Waals surface area contributed by atoms with Crippen molar-refractivity contribution in [2.75, 3.05) is 25.5 Å². The number of methoxy groups -OCH3 is 2. The van der Waals surface area contributed by atoms with Crippen LogP contribution in [0, 0.1) is 5.92 Å². The summed E-state index contributed by atoms with van der Waals surface area (Å²) in [6.07, 6.45) is 0.768. The Labute approximate surface area is 178 Å².